The van der Waals surface area contributed by atoms with Gasteiger partial charge in [0.1, 0.15) is 11.5 Å². The largest absolute Gasteiger partial charge is 0.507 e. The van der Waals surface area contributed by atoms with Crippen molar-refractivity contribution < 1.29 is 24.2 Å². The molecule has 0 unspecified atom stereocenters. The fraction of sp³-hybridized carbons (Fsp3) is 0.385. The number of hydrogen-bond donors (Lipinski definition) is 1. The summed E-state index contributed by atoms with van der Waals surface area (Å²) in [4.78, 5) is 30.2. The van der Waals surface area contributed by atoms with Gasteiger partial charge in [-0.15, -0.1) is 0 Å². The Morgan fingerprint density at radius 2 is 1.86 bits per heavy atom. The van der Waals surface area contributed by atoms with E-state index in [1.807, 2.05) is 0 Å². The maximum atomic E-state index is 13.3. The normalized spacial score (nSPS) is 20.5. The van der Waals surface area contributed by atoms with Gasteiger partial charge in [0.25, 0.3) is 11.7 Å². The van der Waals surface area contributed by atoms with Gasteiger partial charge in [-0.25, -0.2) is 0 Å². The van der Waals surface area contributed by atoms with Gasteiger partial charge in [-0.2, -0.15) is 0 Å². The van der Waals surface area contributed by atoms with Crippen LogP contribution in [0.15, 0.2) is 42.0 Å². The van der Waals surface area contributed by atoms with Gasteiger partial charge in [-0.1, -0.05) is 29.3 Å². The van der Waals surface area contributed by atoms with Gasteiger partial charge in [0, 0.05) is 41.8 Å². The summed E-state index contributed by atoms with van der Waals surface area (Å²) in [7, 11) is 1.55. The van der Waals surface area contributed by atoms with Crippen LogP contribution in [0, 0.1) is 6.92 Å². The van der Waals surface area contributed by atoms with Crippen LogP contribution in [0.3, 0.4) is 0 Å². The highest BCUT2D eigenvalue weighted by Gasteiger charge is 2.46. The molecule has 0 bridgehead atoms. The van der Waals surface area contributed by atoms with E-state index in [1.165, 1.54) is 4.90 Å². The standard InChI is InChI=1S/C26H28Cl2N2O5/c1-16-14-18(34-2)5-7-19(16)24(31)22-23(20-6-4-17(27)15-21(20)28)30(26(33)25(22)32)9-3-8-29-10-12-35-13-11-29/h4-7,14-15,23,31H,3,8-13H2,1-2H3/t23-/m0/s1. The number of rotatable bonds is 7. The zero-order valence-corrected chi connectivity index (χ0v) is 21.2. The van der Waals surface area contributed by atoms with Crippen LogP contribution in [-0.2, 0) is 14.3 Å². The lowest BCUT2D eigenvalue weighted by molar-refractivity contribution is -0.140. The molecule has 9 heteroatoms. The molecule has 2 aliphatic rings. The first-order valence-corrected chi connectivity index (χ1v) is 12.3. The molecule has 0 aliphatic carbocycles. The Balaban J connectivity index is 1.73. The minimum Gasteiger partial charge on any atom is -0.507 e. The lowest BCUT2D eigenvalue weighted by Crippen LogP contribution is -2.39. The van der Waals surface area contributed by atoms with Crippen LogP contribution in [0.25, 0.3) is 5.76 Å². The van der Waals surface area contributed by atoms with Crippen LogP contribution in [0.4, 0.5) is 0 Å². The van der Waals surface area contributed by atoms with Crippen molar-refractivity contribution >= 4 is 40.7 Å². The summed E-state index contributed by atoms with van der Waals surface area (Å²) in [5, 5.41) is 12.1. The topological polar surface area (TPSA) is 79.3 Å². The molecule has 1 atom stereocenters. The molecule has 7 nitrogen and oxygen atoms in total. The van der Waals surface area contributed by atoms with Gasteiger partial charge in [-0.05, 0) is 54.8 Å². The third-order valence-corrected chi connectivity index (χ3v) is 7.03. The Bertz CT molecular complexity index is 1160. The van der Waals surface area contributed by atoms with Crippen molar-refractivity contribution in [1.29, 1.82) is 0 Å². The molecular formula is C26H28Cl2N2O5. The van der Waals surface area contributed by atoms with Crippen molar-refractivity contribution in [3.63, 3.8) is 0 Å². The number of hydrogen-bond acceptors (Lipinski definition) is 6. The molecule has 2 aromatic rings. The quantitative estimate of drug-likeness (QED) is 0.331. The molecule has 186 valence electrons. The van der Waals surface area contributed by atoms with Crippen LogP contribution in [0.5, 0.6) is 5.75 Å². The first-order chi connectivity index (χ1) is 16.8. The molecule has 2 heterocycles. The SMILES string of the molecule is COc1ccc(C(O)=C2C(=O)C(=O)N(CCCN3CCOCC3)[C@H]2c2ccc(Cl)cc2Cl)c(C)c1. The van der Waals surface area contributed by atoms with Crippen LogP contribution in [0.1, 0.15) is 29.2 Å². The second-order valence-corrected chi connectivity index (χ2v) is 9.49. The van der Waals surface area contributed by atoms with E-state index in [1.54, 1.807) is 50.4 Å². The van der Waals surface area contributed by atoms with Crippen LogP contribution in [0.2, 0.25) is 10.0 Å². The van der Waals surface area contributed by atoms with Crippen LogP contribution < -0.4 is 4.74 Å². The van der Waals surface area contributed by atoms with E-state index >= 15 is 0 Å². The summed E-state index contributed by atoms with van der Waals surface area (Å²) in [6, 6.07) is 9.24. The number of morpholine rings is 1. The van der Waals surface area contributed by atoms with Gasteiger partial charge in [0.15, 0.2) is 0 Å². The number of benzene rings is 2. The maximum Gasteiger partial charge on any atom is 0.295 e. The van der Waals surface area contributed by atoms with E-state index < -0.39 is 17.7 Å². The highest BCUT2D eigenvalue weighted by Crippen LogP contribution is 2.43. The van der Waals surface area contributed by atoms with Gasteiger partial charge in [-0.3, -0.25) is 14.5 Å². The molecule has 2 aromatic carbocycles. The van der Waals surface area contributed by atoms with E-state index in [2.05, 4.69) is 4.90 Å². The Kier molecular flexibility index (Phi) is 8.02. The number of Topliss-reactive ketones (excluding diaryl/α,β-unsaturated/α-hetero) is 1. The summed E-state index contributed by atoms with van der Waals surface area (Å²) < 4.78 is 10.7. The van der Waals surface area contributed by atoms with E-state index in [9.17, 15) is 14.7 Å². The Hall–Kier alpha value is -2.58. The molecule has 0 saturated carbocycles. The van der Waals surface area contributed by atoms with E-state index in [0.717, 1.165) is 19.6 Å². The fourth-order valence-corrected chi connectivity index (χ4v) is 5.13. The number of carbonyl (C=O) groups is 2. The number of ether oxygens (including phenoxy) is 2. The van der Waals surface area contributed by atoms with Gasteiger partial charge < -0.3 is 19.5 Å². The average Bonchev–Trinajstić information content (AvgIpc) is 3.09. The maximum absolute atomic E-state index is 13.3. The van der Waals surface area contributed by atoms with Crippen molar-refractivity contribution in [2.24, 2.45) is 0 Å². The van der Waals surface area contributed by atoms with Gasteiger partial charge in [0.2, 0.25) is 0 Å². The van der Waals surface area contributed by atoms with E-state index in [-0.39, 0.29) is 11.3 Å². The lowest BCUT2D eigenvalue weighted by atomic mass is 9.93. The minimum absolute atomic E-state index is 0.0128. The molecule has 0 radical (unpaired) electrons. The molecule has 0 spiro atoms. The van der Waals surface area contributed by atoms with Crippen molar-refractivity contribution in [1.82, 2.24) is 9.80 Å². The number of carbonyl (C=O) groups excluding carboxylic acids is 2. The molecule has 1 N–H and O–H groups in total. The Labute approximate surface area is 214 Å². The zero-order valence-electron chi connectivity index (χ0n) is 19.7. The van der Waals surface area contributed by atoms with Crippen molar-refractivity contribution in [2.45, 2.75) is 19.4 Å². The summed E-state index contributed by atoms with van der Waals surface area (Å²) in [5.41, 5.74) is 1.71. The highest BCUT2D eigenvalue weighted by molar-refractivity contribution is 6.47. The van der Waals surface area contributed by atoms with E-state index in [0.29, 0.717) is 58.7 Å². The van der Waals surface area contributed by atoms with Gasteiger partial charge >= 0.3 is 0 Å². The molecular weight excluding hydrogens is 491 g/mol. The monoisotopic (exact) mass is 518 g/mol. The molecule has 0 aromatic heterocycles. The van der Waals surface area contributed by atoms with Crippen molar-refractivity contribution in [2.75, 3.05) is 46.5 Å². The number of aliphatic hydroxyl groups excluding tert-OH is 1. The highest BCUT2D eigenvalue weighted by atomic mass is 35.5. The first kappa shape index (κ1) is 25.5. The summed E-state index contributed by atoms with van der Waals surface area (Å²) in [5.74, 6) is -1.01. The second kappa shape index (κ2) is 11.0. The Morgan fingerprint density at radius 1 is 1.11 bits per heavy atom. The smallest absolute Gasteiger partial charge is 0.295 e. The number of aryl methyl sites for hydroxylation is 1. The predicted octanol–water partition coefficient (Wildman–Crippen LogP) is 4.45. The molecule has 4 rings (SSSR count). The fourth-order valence-electron chi connectivity index (χ4n) is 4.62. The molecule has 2 fully saturated rings. The number of nitrogens with zero attached hydrogens (tertiary/aromatic N) is 2. The van der Waals surface area contributed by atoms with Crippen molar-refractivity contribution in [3.05, 3.63) is 68.7 Å². The lowest BCUT2D eigenvalue weighted by Gasteiger charge is -2.29. The predicted molar refractivity (Wildman–Crippen MR) is 135 cm³/mol. The number of halogens is 2. The summed E-state index contributed by atoms with van der Waals surface area (Å²) >= 11 is 12.6. The average molecular weight is 519 g/mol. The van der Waals surface area contributed by atoms with Crippen molar-refractivity contribution in [3.8, 4) is 5.75 Å². The Morgan fingerprint density at radius 3 is 2.51 bits per heavy atom. The molecule has 1 amide bonds. The third kappa shape index (κ3) is 5.33. The zero-order chi connectivity index (χ0) is 25.1. The second-order valence-electron chi connectivity index (χ2n) is 8.65. The number of aliphatic hydroxyl groups is 1. The van der Waals surface area contributed by atoms with Crippen LogP contribution in [-0.4, -0.2) is 73.1 Å². The van der Waals surface area contributed by atoms with Crippen LogP contribution >= 0.6 is 23.2 Å². The third-order valence-electron chi connectivity index (χ3n) is 6.46. The molecule has 2 saturated heterocycles. The van der Waals surface area contributed by atoms with Gasteiger partial charge in [0.05, 0.1) is 31.9 Å². The summed E-state index contributed by atoms with van der Waals surface area (Å²) in [6.45, 7) is 5.96. The number of methoxy groups -OCH3 is 1. The van der Waals surface area contributed by atoms with E-state index in [4.69, 9.17) is 32.7 Å². The molecule has 2 aliphatic heterocycles. The number of amides is 1. The first-order valence-electron chi connectivity index (χ1n) is 11.5. The number of ketones is 1. The number of likely N-dealkylation sites (tertiary alicyclic amines) is 1. The molecule has 35 heavy (non-hydrogen) atoms. The summed E-state index contributed by atoms with van der Waals surface area (Å²) in [6.07, 6.45) is 0.663. The minimum atomic E-state index is -0.828.